The number of sulfone groups is 1. The van der Waals surface area contributed by atoms with Crippen LogP contribution in [0.25, 0.3) is 0 Å². The Morgan fingerprint density at radius 3 is 2.30 bits per heavy atom. The van der Waals surface area contributed by atoms with E-state index in [1.807, 2.05) is 6.92 Å². The van der Waals surface area contributed by atoms with Crippen molar-refractivity contribution < 1.29 is 23.1 Å². The van der Waals surface area contributed by atoms with E-state index >= 15 is 0 Å². The summed E-state index contributed by atoms with van der Waals surface area (Å²) in [6.45, 7) is 2.14. The zero-order valence-electron chi connectivity index (χ0n) is 20.7. The van der Waals surface area contributed by atoms with Crippen LogP contribution in [0.3, 0.4) is 0 Å². The minimum Gasteiger partial charge on any atom is -0.494 e. The number of aromatic hydroxyl groups is 1. The van der Waals surface area contributed by atoms with E-state index < -0.39 is 56.3 Å². The Hall–Kier alpha value is -3.16. The number of carbonyl (C=O) groups excluding carboxylic acids is 2. The molecule has 1 aromatic rings. The molecule has 2 aliphatic heterocycles. The van der Waals surface area contributed by atoms with Gasteiger partial charge in [-0.25, -0.2) is 18.0 Å². The molecule has 2 saturated carbocycles. The lowest BCUT2D eigenvalue weighted by molar-refractivity contribution is -0.128. The van der Waals surface area contributed by atoms with Crippen LogP contribution in [0.1, 0.15) is 69.9 Å². The van der Waals surface area contributed by atoms with Gasteiger partial charge in [0, 0.05) is 18.6 Å². The van der Waals surface area contributed by atoms with Crippen molar-refractivity contribution in [1.82, 2.24) is 19.4 Å². The molecule has 3 amide bonds. The third kappa shape index (κ3) is 3.79. The molecule has 14 heteroatoms. The van der Waals surface area contributed by atoms with Gasteiger partial charge in [0.1, 0.15) is 11.4 Å². The number of carbonyl (C=O) groups is 2. The summed E-state index contributed by atoms with van der Waals surface area (Å²) >= 11 is 0. The van der Waals surface area contributed by atoms with Crippen molar-refractivity contribution in [2.24, 2.45) is 11.1 Å². The molecular formula is C23H32N6O7S. The van der Waals surface area contributed by atoms with Crippen LogP contribution in [0.5, 0.6) is 5.88 Å². The number of aromatic nitrogens is 2. The second-order valence-corrected chi connectivity index (χ2v) is 13.1. The standard InChI is InChI=1S/C23H32N6O7S/c1-2-3-8-27-17(30)15(16(24)25)18(31)28(21(27)34)13-4-6-22(7-5-13)9-14(10-22)29-20(33)26-19(32)23(29)11-37(35,36)12-23/h13-14,30H,2-12H2,1H3,(H3,24,25)(H,26,32,33). The molecule has 2 spiro atoms. The first-order chi connectivity index (χ1) is 17.3. The fraction of sp³-hybridized carbons (Fsp3) is 0.696. The number of nitrogens with two attached hydrogens (primary N) is 1. The van der Waals surface area contributed by atoms with E-state index in [4.69, 9.17) is 11.1 Å². The number of nitrogens with one attached hydrogen (secondary N) is 2. The van der Waals surface area contributed by atoms with Crippen LogP contribution in [0.4, 0.5) is 4.79 Å². The minimum atomic E-state index is -3.34. The third-order valence-corrected chi connectivity index (χ3v) is 10.5. The summed E-state index contributed by atoms with van der Waals surface area (Å²) in [4.78, 5) is 52.7. The first-order valence-electron chi connectivity index (χ1n) is 12.6. The zero-order chi connectivity index (χ0) is 26.9. The summed E-state index contributed by atoms with van der Waals surface area (Å²) in [5.41, 5.74) is 2.40. The molecule has 1 aromatic heterocycles. The molecule has 0 aromatic carbocycles. The topological polar surface area (TPSA) is 198 Å². The number of amidine groups is 1. The Bertz CT molecular complexity index is 1400. The van der Waals surface area contributed by atoms with E-state index in [9.17, 15) is 32.7 Å². The smallest absolute Gasteiger partial charge is 0.334 e. The number of hydrogen-bond donors (Lipinski definition) is 4. The molecule has 3 heterocycles. The van der Waals surface area contributed by atoms with Crippen molar-refractivity contribution in [3.63, 3.8) is 0 Å². The lowest BCUT2D eigenvalue weighted by atomic mass is 9.57. The molecule has 0 radical (unpaired) electrons. The summed E-state index contributed by atoms with van der Waals surface area (Å²) in [6.07, 6.45) is 5.00. The monoisotopic (exact) mass is 536 g/mol. The summed E-state index contributed by atoms with van der Waals surface area (Å²) in [5, 5.41) is 20.6. The van der Waals surface area contributed by atoms with Crippen LogP contribution in [-0.4, -0.2) is 68.4 Å². The van der Waals surface area contributed by atoms with Crippen LogP contribution in [0.15, 0.2) is 9.59 Å². The third-order valence-electron chi connectivity index (χ3n) is 8.68. The molecule has 13 nitrogen and oxygen atoms in total. The number of amides is 3. The first kappa shape index (κ1) is 25.5. The molecule has 4 fully saturated rings. The number of rotatable bonds is 6. The molecule has 2 aliphatic carbocycles. The Labute approximate surface area is 213 Å². The minimum absolute atomic E-state index is 0.123. The predicted molar refractivity (Wildman–Crippen MR) is 132 cm³/mol. The molecule has 5 N–H and O–H groups in total. The molecule has 202 valence electrons. The van der Waals surface area contributed by atoms with Gasteiger partial charge in [-0.05, 0) is 50.4 Å². The van der Waals surface area contributed by atoms with Gasteiger partial charge >= 0.3 is 11.7 Å². The van der Waals surface area contributed by atoms with Gasteiger partial charge in [0.15, 0.2) is 15.4 Å². The highest BCUT2D eigenvalue weighted by Gasteiger charge is 2.67. The summed E-state index contributed by atoms with van der Waals surface area (Å²) in [6, 6.07) is -1.21. The van der Waals surface area contributed by atoms with E-state index in [0.29, 0.717) is 44.9 Å². The predicted octanol–water partition coefficient (Wildman–Crippen LogP) is -0.217. The quantitative estimate of drug-likeness (QED) is 0.217. The number of hydrogen-bond acceptors (Lipinski definition) is 8. The van der Waals surface area contributed by atoms with Gasteiger partial charge < -0.3 is 15.7 Å². The SMILES string of the molecule is CCCCn1c(O)c(C(=N)N)c(=O)n(C2CCC3(CC2)CC(N2C(=O)NC(=O)C24CS(=O)(=O)C4)C3)c1=O. The summed E-state index contributed by atoms with van der Waals surface area (Å²) in [5.74, 6) is -2.43. The number of nitrogens with zero attached hydrogens (tertiary/aromatic N) is 3. The van der Waals surface area contributed by atoms with Gasteiger partial charge in [-0.1, -0.05) is 13.3 Å². The van der Waals surface area contributed by atoms with E-state index in [0.717, 1.165) is 15.6 Å². The average molecular weight is 537 g/mol. The van der Waals surface area contributed by atoms with Crippen molar-refractivity contribution in [3.8, 4) is 5.88 Å². The lowest BCUT2D eigenvalue weighted by Gasteiger charge is -2.57. The first-order valence-corrected chi connectivity index (χ1v) is 14.4. The van der Waals surface area contributed by atoms with Crippen molar-refractivity contribution in [1.29, 1.82) is 5.41 Å². The largest absolute Gasteiger partial charge is 0.494 e. The van der Waals surface area contributed by atoms with Gasteiger partial charge in [-0.2, -0.15) is 0 Å². The fourth-order valence-corrected chi connectivity index (χ4v) is 8.70. The Morgan fingerprint density at radius 2 is 1.76 bits per heavy atom. The average Bonchev–Trinajstić information content (AvgIpc) is 3.01. The van der Waals surface area contributed by atoms with Crippen LogP contribution < -0.4 is 22.3 Å². The highest BCUT2D eigenvalue weighted by Crippen LogP contribution is 2.56. The lowest BCUT2D eigenvalue weighted by Crippen LogP contribution is -2.71. The van der Waals surface area contributed by atoms with Crippen molar-refractivity contribution in [2.75, 3.05) is 11.5 Å². The number of nitrogen functional groups attached to an aromatic ring is 1. The van der Waals surface area contributed by atoms with Gasteiger partial charge in [0.05, 0.1) is 11.5 Å². The molecule has 0 bridgehead atoms. The maximum atomic E-state index is 13.2. The summed E-state index contributed by atoms with van der Waals surface area (Å²) in [7, 11) is -3.34. The van der Waals surface area contributed by atoms with Crippen molar-refractivity contribution in [3.05, 3.63) is 26.4 Å². The second kappa shape index (κ2) is 8.43. The number of urea groups is 1. The Kier molecular flexibility index (Phi) is 5.81. The van der Waals surface area contributed by atoms with Crippen molar-refractivity contribution >= 4 is 27.6 Å². The van der Waals surface area contributed by atoms with Crippen LogP contribution >= 0.6 is 0 Å². The molecular weight excluding hydrogens is 504 g/mol. The van der Waals surface area contributed by atoms with E-state index in [1.165, 1.54) is 4.90 Å². The Morgan fingerprint density at radius 1 is 1.14 bits per heavy atom. The molecule has 5 rings (SSSR count). The second-order valence-electron chi connectivity index (χ2n) is 11.1. The zero-order valence-corrected chi connectivity index (χ0v) is 21.5. The van der Waals surface area contributed by atoms with Gasteiger partial charge in [-0.15, -0.1) is 0 Å². The van der Waals surface area contributed by atoms with E-state index in [1.54, 1.807) is 0 Å². The van der Waals surface area contributed by atoms with Crippen molar-refractivity contribution in [2.45, 2.75) is 82.5 Å². The van der Waals surface area contributed by atoms with Gasteiger partial charge in [-0.3, -0.25) is 29.4 Å². The molecule has 37 heavy (non-hydrogen) atoms. The van der Waals surface area contributed by atoms with Crippen LogP contribution in [-0.2, 0) is 21.2 Å². The molecule has 2 saturated heterocycles. The summed E-state index contributed by atoms with van der Waals surface area (Å²) < 4.78 is 25.9. The fourth-order valence-electron chi connectivity index (χ4n) is 6.79. The van der Waals surface area contributed by atoms with Gasteiger partial charge in [0.25, 0.3) is 11.5 Å². The molecule has 4 aliphatic rings. The number of unbranched alkanes of at least 4 members (excludes halogenated alkanes) is 1. The van der Waals surface area contributed by atoms with E-state index in [2.05, 4.69) is 5.32 Å². The number of imide groups is 1. The Balaban J connectivity index is 1.33. The van der Waals surface area contributed by atoms with Crippen LogP contribution in [0.2, 0.25) is 0 Å². The maximum absolute atomic E-state index is 13.2. The molecule has 0 atom stereocenters. The van der Waals surface area contributed by atoms with Crippen LogP contribution in [0, 0.1) is 10.8 Å². The highest BCUT2D eigenvalue weighted by atomic mass is 32.2. The highest BCUT2D eigenvalue weighted by molar-refractivity contribution is 7.93. The molecule has 0 unspecified atom stereocenters. The van der Waals surface area contributed by atoms with Gasteiger partial charge in [0.2, 0.25) is 5.88 Å². The van der Waals surface area contributed by atoms with E-state index in [-0.39, 0.29) is 35.1 Å². The maximum Gasteiger partial charge on any atom is 0.334 e. The normalized spacial score (nSPS) is 29.7.